The molecule has 0 radical (unpaired) electrons. The van der Waals surface area contributed by atoms with Gasteiger partial charge in [0.2, 0.25) is 12.7 Å². The first-order valence-corrected chi connectivity index (χ1v) is 8.56. The summed E-state index contributed by atoms with van der Waals surface area (Å²) in [5.74, 6) is 3.71. The first kappa shape index (κ1) is 17.7. The molecule has 0 amide bonds. The lowest BCUT2D eigenvalue weighted by Gasteiger charge is -2.11. The Bertz CT molecular complexity index is 982. The Morgan fingerprint density at radius 1 is 1.00 bits per heavy atom. The van der Waals surface area contributed by atoms with E-state index in [0.717, 1.165) is 22.7 Å². The van der Waals surface area contributed by atoms with Crippen LogP contribution in [0.15, 0.2) is 42.6 Å². The Hall–Kier alpha value is -3.75. The SMILES string of the molecule is COc1ccc(Nc2nncc(NCc3ccc4c(c3)OCO4)n2)cc1OC. The van der Waals surface area contributed by atoms with E-state index in [1.165, 1.54) is 0 Å². The van der Waals surface area contributed by atoms with Crippen LogP contribution >= 0.6 is 0 Å². The summed E-state index contributed by atoms with van der Waals surface area (Å²) in [6, 6.07) is 11.2. The van der Waals surface area contributed by atoms with Gasteiger partial charge in [-0.15, -0.1) is 5.10 Å². The van der Waals surface area contributed by atoms with Gasteiger partial charge in [-0.1, -0.05) is 6.07 Å². The molecule has 0 saturated carbocycles. The molecule has 4 rings (SSSR count). The van der Waals surface area contributed by atoms with Crippen LogP contribution in [-0.4, -0.2) is 36.2 Å². The standard InChI is InChI=1S/C19H19N5O4/c1-25-14-6-4-13(8-16(14)26-2)22-19-23-18(10-21-24-19)20-9-12-3-5-15-17(7-12)28-11-27-15/h3-8,10H,9,11H2,1-2H3,(H2,20,22,23,24). The van der Waals surface area contributed by atoms with Crippen LogP contribution in [0.2, 0.25) is 0 Å². The minimum Gasteiger partial charge on any atom is -0.493 e. The van der Waals surface area contributed by atoms with Gasteiger partial charge >= 0.3 is 0 Å². The fraction of sp³-hybridized carbons (Fsp3) is 0.211. The van der Waals surface area contributed by atoms with Gasteiger partial charge < -0.3 is 29.6 Å². The maximum Gasteiger partial charge on any atom is 0.249 e. The molecule has 9 nitrogen and oxygen atoms in total. The second-order valence-electron chi connectivity index (χ2n) is 5.90. The van der Waals surface area contributed by atoms with Crippen molar-refractivity contribution in [2.24, 2.45) is 0 Å². The highest BCUT2D eigenvalue weighted by Crippen LogP contribution is 2.33. The van der Waals surface area contributed by atoms with E-state index < -0.39 is 0 Å². The lowest BCUT2D eigenvalue weighted by atomic mass is 10.2. The van der Waals surface area contributed by atoms with Gasteiger partial charge in [0, 0.05) is 18.3 Å². The Balaban J connectivity index is 1.43. The second kappa shape index (κ2) is 7.87. The molecule has 2 aromatic carbocycles. The Morgan fingerprint density at radius 2 is 1.86 bits per heavy atom. The number of aromatic nitrogens is 3. The second-order valence-corrected chi connectivity index (χ2v) is 5.90. The van der Waals surface area contributed by atoms with E-state index in [1.807, 2.05) is 24.3 Å². The molecule has 0 fully saturated rings. The molecule has 3 aromatic rings. The summed E-state index contributed by atoms with van der Waals surface area (Å²) in [6.07, 6.45) is 1.56. The van der Waals surface area contributed by atoms with Crippen molar-refractivity contribution in [3.8, 4) is 23.0 Å². The van der Waals surface area contributed by atoms with Gasteiger partial charge in [-0.2, -0.15) is 10.1 Å². The quantitative estimate of drug-likeness (QED) is 0.640. The van der Waals surface area contributed by atoms with Crippen LogP contribution in [0.25, 0.3) is 0 Å². The van der Waals surface area contributed by atoms with Crippen LogP contribution in [0.1, 0.15) is 5.56 Å². The van der Waals surface area contributed by atoms with Crippen molar-refractivity contribution in [2.45, 2.75) is 6.54 Å². The number of rotatable bonds is 7. The number of benzene rings is 2. The molecule has 0 aliphatic carbocycles. The van der Waals surface area contributed by atoms with Crippen LogP contribution in [0.4, 0.5) is 17.5 Å². The van der Waals surface area contributed by atoms with Gasteiger partial charge in [0.1, 0.15) is 0 Å². The van der Waals surface area contributed by atoms with Gasteiger partial charge in [0.25, 0.3) is 0 Å². The van der Waals surface area contributed by atoms with Gasteiger partial charge in [-0.05, 0) is 29.8 Å². The molecule has 0 spiro atoms. The summed E-state index contributed by atoms with van der Waals surface area (Å²) in [5.41, 5.74) is 1.80. The molecular formula is C19H19N5O4. The van der Waals surface area contributed by atoms with Gasteiger partial charge in [0.15, 0.2) is 28.8 Å². The Labute approximate surface area is 161 Å². The van der Waals surface area contributed by atoms with E-state index in [1.54, 1.807) is 32.5 Å². The normalized spacial score (nSPS) is 11.8. The third kappa shape index (κ3) is 3.83. The molecule has 0 unspecified atom stereocenters. The van der Waals surface area contributed by atoms with Crippen LogP contribution in [0.5, 0.6) is 23.0 Å². The van der Waals surface area contributed by atoms with Crippen molar-refractivity contribution >= 4 is 17.5 Å². The minimum atomic E-state index is 0.257. The summed E-state index contributed by atoms with van der Waals surface area (Å²) < 4.78 is 21.3. The predicted molar refractivity (Wildman–Crippen MR) is 103 cm³/mol. The highest BCUT2D eigenvalue weighted by atomic mass is 16.7. The molecule has 1 aromatic heterocycles. The number of hydrogen-bond donors (Lipinski definition) is 2. The van der Waals surface area contributed by atoms with Crippen molar-refractivity contribution in [2.75, 3.05) is 31.6 Å². The van der Waals surface area contributed by atoms with Gasteiger partial charge in [0.05, 0.1) is 20.4 Å². The monoisotopic (exact) mass is 381 g/mol. The summed E-state index contributed by atoms with van der Waals surface area (Å²) in [7, 11) is 3.17. The lowest BCUT2D eigenvalue weighted by Crippen LogP contribution is -2.05. The van der Waals surface area contributed by atoms with E-state index in [9.17, 15) is 0 Å². The van der Waals surface area contributed by atoms with Crippen molar-refractivity contribution in [3.05, 3.63) is 48.2 Å². The smallest absolute Gasteiger partial charge is 0.249 e. The third-order valence-electron chi connectivity index (χ3n) is 4.11. The zero-order valence-electron chi connectivity index (χ0n) is 15.4. The van der Waals surface area contributed by atoms with E-state index >= 15 is 0 Å². The zero-order chi connectivity index (χ0) is 19.3. The topological polar surface area (TPSA) is 99.7 Å². The Kier molecular flexibility index (Phi) is 4.96. The highest BCUT2D eigenvalue weighted by Gasteiger charge is 2.13. The number of ether oxygens (including phenoxy) is 4. The summed E-state index contributed by atoms with van der Waals surface area (Å²) in [5, 5.41) is 14.3. The average molecular weight is 381 g/mol. The van der Waals surface area contributed by atoms with Crippen LogP contribution in [0, 0.1) is 0 Å². The number of anilines is 3. The molecule has 1 aliphatic heterocycles. The van der Waals surface area contributed by atoms with Crippen LogP contribution in [0.3, 0.4) is 0 Å². The number of nitrogens with one attached hydrogen (secondary N) is 2. The molecule has 0 saturated heterocycles. The van der Waals surface area contributed by atoms with Crippen molar-refractivity contribution < 1.29 is 18.9 Å². The largest absolute Gasteiger partial charge is 0.493 e. The molecular weight excluding hydrogens is 362 g/mol. The lowest BCUT2D eigenvalue weighted by molar-refractivity contribution is 0.174. The molecule has 0 bridgehead atoms. The highest BCUT2D eigenvalue weighted by molar-refractivity contribution is 5.60. The van der Waals surface area contributed by atoms with Crippen molar-refractivity contribution in [3.63, 3.8) is 0 Å². The average Bonchev–Trinajstić information content (AvgIpc) is 3.20. The van der Waals surface area contributed by atoms with E-state index in [2.05, 4.69) is 25.8 Å². The Morgan fingerprint density at radius 3 is 2.71 bits per heavy atom. The molecule has 2 heterocycles. The molecule has 0 atom stereocenters. The predicted octanol–water partition coefficient (Wildman–Crippen LogP) is 2.97. The third-order valence-corrected chi connectivity index (χ3v) is 4.11. The molecule has 28 heavy (non-hydrogen) atoms. The van der Waals surface area contributed by atoms with Crippen molar-refractivity contribution in [1.29, 1.82) is 0 Å². The summed E-state index contributed by atoms with van der Waals surface area (Å²) in [6.45, 7) is 0.818. The van der Waals surface area contributed by atoms with Crippen LogP contribution < -0.4 is 29.6 Å². The van der Waals surface area contributed by atoms with Gasteiger partial charge in [-0.25, -0.2) is 0 Å². The fourth-order valence-corrected chi connectivity index (χ4v) is 2.73. The first-order chi connectivity index (χ1) is 13.7. The summed E-state index contributed by atoms with van der Waals surface area (Å²) >= 11 is 0. The zero-order valence-corrected chi connectivity index (χ0v) is 15.4. The number of hydrogen-bond acceptors (Lipinski definition) is 9. The molecule has 1 aliphatic rings. The van der Waals surface area contributed by atoms with E-state index in [0.29, 0.717) is 29.8 Å². The van der Waals surface area contributed by atoms with Crippen molar-refractivity contribution in [1.82, 2.24) is 15.2 Å². The van der Waals surface area contributed by atoms with Crippen LogP contribution in [-0.2, 0) is 6.54 Å². The van der Waals surface area contributed by atoms with E-state index in [-0.39, 0.29) is 6.79 Å². The minimum absolute atomic E-state index is 0.257. The number of methoxy groups -OCH3 is 2. The summed E-state index contributed by atoms with van der Waals surface area (Å²) in [4.78, 5) is 4.43. The molecule has 144 valence electrons. The molecule has 9 heteroatoms. The van der Waals surface area contributed by atoms with Gasteiger partial charge in [-0.3, -0.25) is 0 Å². The molecule has 2 N–H and O–H groups in total. The first-order valence-electron chi connectivity index (χ1n) is 8.56. The maximum atomic E-state index is 5.39. The number of fused-ring (bicyclic) bond motifs is 1. The maximum absolute atomic E-state index is 5.39. The number of nitrogens with zero attached hydrogens (tertiary/aromatic N) is 3. The fourth-order valence-electron chi connectivity index (χ4n) is 2.73. The van der Waals surface area contributed by atoms with E-state index in [4.69, 9.17) is 18.9 Å².